The van der Waals surface area contributed by atoms with Crippen molar-refractivity contribution in [2.24, 2.45) is 0 Å². The quantitative estimate of drug-likeness (QED) is 0.272. The van der Waals surface area contributed by atoms with E-state index in [2.05, 4.69) is 0 Å². The molecule has 0 radical (unpaired) electrons. The second-order valence-electron chi connectivity index (χ2n) is 8.28. The number of benzene rings is 4. The first-order valence-electron chi connectivity index (χ1n) is 11.4. The summed E-state index contributed by atoms with van der Waals surface area (Å²) < 4.78 is 31.8. The van der Waals surface area contributed by atoms with Gasteiger partial charge in [0.1, 0.15) is 0 Å². The molecule has 0 unspecified atom stereocenters. The standard InChI is InChI=1S/C30H22FNO5/c1-35-29(33)20-15-13-19(14-16-20)23-21(17-9-5-3-6-10-17)22(18-11-7-4-8-12-18)24-26(32)28(30(34)36-2)37-27(24)25(23)31/h3-16H,32H2,1-2H3. The van der Waals surface area contributed by atoms with Crippen molar-refractivity contribution in [3.05, 3.63) is 102 Å². The molecule has 0 bridgehead atoms. The van der Waals surface area contributed by atoms with Crippen LogP contribution in [-0.2, 0) is 9.47 Å². The Morgan fingerprint density at radius 1 is 0.703 bits per heavy atom. The van der Waals surface area contributed by atoms with Crippen LogP contribution in [0.5, 0.6) is 0 Å². The molecule has 0 saturated carbocycles. The molecule has 5 aromatic rings. The number of rotatable bonds is 5. The van der Waals surface area contributed by atoms with E-state index in [1.54, 1.807) is 24.3 Å². The molecule has 0 saturated heterocycles. The van der Waals surface area contributed by atoms with Crippen LogP contribution < -0.4 is 5.73 Å². The van der Waals surface area contributed by atoms with Crippen molar-refractivity contribution in [3.8, 4) is 33.4 Å². The normalized spacial score (nSPS) is 10.9. The van der Waals surface area contributed by atoms with Gasteiger partial charge in [0.15, 0.2) is 11.4 Å². The fourth-order valence-electron chi connectivity index (χ4n) is 4.51. The van der Waals surface area contributed by atoms with Crippen molar-refractivity contribution in [1.82, 2.24) is 0 Å². The van der Waals surface area contributed by atoms with E-state index in [9.17, 15) is 9.59 Å². The minimum absolute atomic E-state index is 0.00984. The van der Waals surface area contributed by atoms with Gasteiger partial charge in [-0.15, -0.1) is 0 Å². The molecule has 0 aliphatic rings. The number of carbonyl (C=O) groups excluding carboxylic acids is 2. The van der Waals surface area contributed by atoms with E-state index < -0.39 is 17.8 Å². The SMILES string of the molecule is COC(=O)c1ccc(-c2c(-c3ccccc3)c(-c3ccccc3)c3c(N)c(C(=O)OC)oc3c2F)cc1. The number of methoxy groups -OCH3 is 2. The highest BCUT2D eigenvalue weighted by Crippen LogP contribution is 2.49. The second kappa shape index (κ2) is 9.62. The highest BCUT2D eigenvalue weighted by molar-refractivity contribution is 6.16. The molecule has 0 spiro atoms. The Morgan fingerprint density at radius 3 is 1.76 bits per heavy atom. The van der Waals surface area contributed by atoms with E-state index in [1.807, 2.05) is 60.7 Å². The molecule has 6 nitrogen and oxygen atoms in total. The Hall–Kier alpha value is -4.91. The van der Waals surface area contributed by atoms with E-state index in [0.717, 1.165) is 11.1 Å². The average Bonchev–Trinajstić information content (AvgIpc) is 3.30. The van der Waals surface area contributed by atoms with Crippen LogP contribution in [0, 0.1) is 5.82 Å². The number of halogens is 1. The molecule has 184 valence electrons. The number of furan rings is 1. The van der Waals surface area contributed by atoms with Gasteiger partial charge in [-0.2, -0.15) is 0 Å². The maximum absolute atomic E-state index is 16.5. The summed E-state index contributed by atoms with van der Waals surface area (Å²) in [6, 6.07) is 25.1. The van der Waals surface area contributed by atoms with Crippen molar-refractivity contribution >= 4 is 28.6 Å². The second-order valence-corrected chi connectivity index (χ2v) is 8.28. The molecule has 0 atom stereocenters. The summed E-state index contributed by atoms with van der Waals surface area (Å²) >= 11 is 0. The molecule has 1 aromatic heterocycles. The van der Waals surface area contributed by atoms with E-state index in [-0.39, 0.29) is 28.0 Å². The lowest BCUT2D eigenvalue weighted by Gasteiger charge is -2.19. The fraction of sp³-hybridized carbons (Fsp3) is 0.0667. The Balaban J connectivity index is 1.96. The molecule has 1 heterocycles. The summed E-state index contributed by atoms with van der Waals surface area (Å²) in [7, 11) is 2.50. The molecule has 0 fully saturated rings. The van der Waals surface area contributed by atoms with Gasteiger partial charge in [-0.25, -0.2) is 14.0 Å². The lowest BCUT2D eigenvalue weighted by atomic mass is 9.84. The number of hydrogen-bond acceptors (Lipinski definition) is 6. The molecule has 5 rings (SSSR count). The molecular formula is C30H22FNO5. The largest absolute Gasteiger partial charge is 0.465 e. The predicted octanol–water partition coefficient (Wildman–Crippen LogP) is 6.73. The third kappa shape index (κ3) is 4.00. The Bertz CT molecular complexity index is 1620. The van der Waals surface area contributed by atoms with Gasteiger partial charge in [0, 0.05) is 16.7 Å². The maximum Gasteiger partial charge on any atom is 0.376 e. The number of fused-ring (bicyclic) bond motifs is 1. The van der Waals surface area contributed by atoms with Crippen LogP contribution in [0.25, 0.3) is 44.3 Å². The zero-order chi connectivity index (χ0) is 26.1. The van der Waals surface area contributed by atoms with E-state index in [4.69, 9.17) is 19.6 Å². The summed E-state index contributed by atoms with van der Waals surface area (Å²) in [6.45, 7) is 0. The Kier molecular flexibility index (Phi) is 6.19. The minimum atomic E-state index is -0.808. The smallest absolute Gasteiger partial charge is 0.376 e. The number of hydrogen-bond donors (Lipinski definition) is 1. The van der Waals surface area contributed by atoms with Gasteiger partial charge in [-0.05, 0) is 28.8 Å². The number of esters is 2. The number of nitrogens with two attached hydrogens (primary N) is 1. The lowest BCUT2D eigenvalue weighted by molar-refractivity contribution is 0.0567. The van der Waals surface area contributed by atoms with E-state index in [1.165, 1.54) is 14.2 Å². The van der Waals surface area contributed by atoms with E-state index in [0.29, 0.717) is 22.3 Å². The van der Waals surface area contributed by atoms with Gasteiger partial charge in [0.05, 0.1) is 30.9 Å². The summed E-state index contributed by atoms with van der Waals surface area (Å²) in [6.07, 6.45) is 0. The number of ether oxygens (including phenoxy) is 2. The molecule has 0 aliphatic heterocycles. The van der Waals surface area contributed by atoms with Crippen LogP contribution in [0.3, 0.4) is 0 Å². The highest BCUT2D eigenvalue weighted by atomic mass is 19.1. The van der Waals surface area contributed by atoms with Crippen LogP contribution in [0.1, 0.15) is 20.9 Å². The van der Waals surface area contributed by atoms with Crippen LogP contribution in [0.2, 0.25) is 0 Å². The Morgan fingerprint density at radius 2 is 1.22 bits per heavy atom. The maximum atomic E-state index is 16.5. The monoisotopic (exact) mass is 495 g/mol. The molecule has 0 aliphatic carbocycles. The summed E-state index contributed by atoms with van der Waals surface area (Å²) in [5.74, 6) is -2.28. The summed E-state index contributed by atoms with van der Waals surface area (Å²) in [5, 5.41) is 0.276. The zero-order valence-corrected chi connectivity index (χ0v) is 20.1. The first-order valence-corrected chi connectivity index (χ1v) is 11.4. The van der Waals surface area contributed by atoms with Crippen molar-refractivity contribution < 1.29 is 27.9 Å². The van der Waals surface area contributed by atoms with Gasteiger partial charge >= 0.3 is 11.9 Å². The lowest BCUT2D eigenvalue weighted by Crippen LogP contribution is -2.03. The number of anilines is 1. The van der Waals surface area contributed by atoms with Gasteiger partial charge in [-0.1, -0.05) is 72.8 Å². The molecular weight excluding hydrogens is 473 g/mol. The van der Waals surface area contributed by atoms with Crippen LogP contribution >= 0.6 is 0 Å². The first kappa shape index (κ1) is 23.8. The summed E-state index contributed by atoms with van der Waals surface area (Å²) in [5.41, 5.74) is 9.95. The van der Waals surface area contributed by atoms with Crippen molar-refractivity contribution in [2.75, 3.05) is 20.0 Å². The Labute approximate surface area is 212 Å². The molecule has 4 aromatic carbocycles. The van der Waals surface area contributed by atoms with Gasteiger partial charge in [-0.3, -0.25) is 0 Å². The van der Waals surface area contributed by atoms with Gasteiger partial charge < -0.3 is 19.6 Å². The van der Waals surface area contributed by atoms with E-state index >= 15 is 4.39 Å². The number of carbonyl (C=O) groups is 2. The minimum Gasteiger partial charge on any atom is -0.465 e. The summed E-state index contributed by atoms with van der Waals surface area (Å²) in [4.78, 5) is 24.4. The van der Waals surface area contributed by atoms with Crippen molar-refractivity contribution in [2.45, 2.75) is 0 Å². The van der Waals surface area contributed by atoms with Crippen LogP contribution in [-0.4, -0.2) is 26.2 Å². The van der Waals surface area contributed by atoms with Crippen molar-refractivity contribution in [3.63, 3.8) is 0 Å². The predicted molar refractivity (Wildman–Crippen MR) is 140 cm³/mol. The zero-order valence-electron chi connectivity index (χ0n) is 20.1. The highest BCUT2D eigenvalue weighted by Gasteiger charge is 2.30. The van der Waals surface area contributed by atoms with Crippen LogP contribution in [0.15, 0.2) is 89.3 Å². The fourth-order valence-corrected chi connectivity index (χ4v) is 4.51. The van der Waals surface area contributed by atoms with Crippen molar-refractivity contribution in [1.29, 1.82) is 0 Å². The molecule has 37 heavy (non-hydrogen) atoms. The van der Waals surface area contributed by atoms with Gasteiger partial charge in [0.2, 0.25) is 5.76 Å². The van der Waals surface area contributed by atoms with Crippen LogP contribution in [0.4, 0.5) is 10.1 Å². The average molecular weight is 496 g/mol. The van der Waals surface area contributed by atoms with Gasteiger partial charge in [0.25, 0.3) is 0 Å². The third-order valence-electron chi connectivity index (χ3n) is 6.20. The molecule has 0 amide bonds. The number of nitrogen functional groups attached to an aromatic ring is 1. The molecule has 2 N–H and O–H groups in total. The topological polar surface area (TPSA) is 91.8 Å². The first-order chi connectivity index (χ1) is 18.0. The molecule has 7 heteroatoms. The third-order valence-corrected chi connectivity index (χ3v) is 6.20.